The molecule has 94 valence electrons. The van der Waals surface area contributed by atoms with Crippen molar-refractivity contribution in [3.05, 3.63) is 51.7 Å². The molecule has 0 amide bonds. The van der Waals surface area contributed by atoms with Crippen LogP contribution in [0.4, 0.5) is 0 Å². The van der Waals surface area contributed by atoms with Crippen molar-refractivity contribution in [1.29, 1.82) is 0 Å². The Morgan fingerprint density at radius 2 is 2.17 bits per heavy atom. The van der Waals surface area contributed by atoms with Crippen molar-refractivity contribution in [3.8, 4) is 5.75 Å². The van der Waals surface area contributed by atoms with E-state index in [1.54, 1.807) is 11.3 Å². The second kappa shape index (κ2) is 4.11. The van der Waals surface area contributed by atoms with Crippen LogP contribution < -0.4 is 10.5 Å². The molecule has 2 nitrogen and oxygen atoms in total. The van der Waals surface area contributed by atoms with Crippen molar-refractivity contribution in [1.82, 2.24) is 0 Å². The van der Waals surface area contributed by atoms with E-state index in [0.29, 0.717) is 0 Å². The zero-order chi connectivity index (χ0) is 12.8. The van der Waals surface area contributed by atoms with Gasteiger partial charge >= 0.3 is 0 Å². The van der Waals surface area contributed by atoms with E-state index < -0.39 is 0 Å². The summed E-state index contributed by atoms with van der Waals surface area (Å²) >= 11 is 1.70. The van der Waals surface area contributed by atoms with Crippen molar-refractivity contribution in [2.24, 2.45) is 5.73 Å². The fourth-order valence-electron chi connectivity index (χ4n) is 2.36. The molecule has 0 radical (unpaired) electrons. The first-order valence-corrected chi connectivity index (χ1v) is 7.02. The third-order valence-corrected chi connectivity index (χ3v) is 4.49. The maximum atomic E-state index is 6.31. The molecule has 1 aliphatic rings. The zero-order valence-electron chi connectivity index (χ0n) is 10.6. The van der Waals surface area contributed by atoms with Gasteiger partial charge in [0.1, 0.15) is 5.75 Å². The van der Waals surface area contributed by atoms with Gasteiger partial charge in [0.05, 0.1) is 12.6 Å². The molecule has 0 fully saturated rings. The molecular weight excluding hydrogens is 242 g/mol. The van der Waals surface area contributed by atoms with Crippen LogP contribution in [0.5, 0.6) is 5.75 Å². The van der Waals surface area contributed by atoms with Gasteiger partial charge in [0.15, 0.2) is 0 Å². The lowest BCUT2D eigenvalue weighted by molar-refractivity contribution is 0.291. The first kappa shape index (κ1) is 11.8. The molecule has 0 aliphatic carbocycles. The highest BCUT2D eigenvalue weighted by molar-refractivity contribution is 7.10. The lowest BCUT2D eigenvalue weighted by Gasteiger charge is -2.17. The molecule has 0 saturated heterocycles. The quantitative estimate of drug-likeness (QED) is 0.896. The minimum atomic E-state index is -0.0355. The number of hydrogen-bond donors (Lipinski definition) is 1. The van der Waals surface area contributed by atoms with Crippen LogP contribution in [0.2, 0.25) is 0 Å². The van der Waals surface area contributed by atoms with Crippen LogP contribution in [0.25, 0.3) is 0 Å². The predicted molar refractivity (Wildman–Crippen MR) is 75.3 cm³/mol. The fraction of sp³-hybridized carbons (Fsp3) is 0.333. The summed E-state index contributed by atoms with van der Waals surface area (Å²) < 4.78 is 5.70. The molecule has 18 heavy (non-hydrogen) atoms. The van der Waals surface area contributed by atoms with Gasteiger partial charge in [0, 0.05) is 15.9 Å². The largest absolute Gasteiger partial charge is 0.492 e. The highest BCUT2D eigenvalue weighted by atomic mass is 32.1. The monoisotopic (exact) mass is 259 g/mol. The van der Waals surface area contributed by atoms with Crippen molar-refractivity contribution in [3.63, 3.8) is 0 Å². The van der Waals surface area contributed by atoms with Crippen LogP contribution >= 0.6 is 11.3 Å². The fourth-order valence-corrected chi connectivity index (χ4v) is 3.12. The zero-order valence-corrected chi connectivity index (χ0v) is 11.5. The highest BCUT2D eigenvalue weighted by Gasteiger charge is 2.32. The van der Waals surface area contributed by atoms with E-state index >= 15 is 0 Å². The summed E-state index contributed by atoms with van der Waals surface area (Å²) in [5.74, 6) is 1.00. The van der Waals surface area contributed by atoms with Gasteiger partial charge in [-0.05, 0) is 29.1 Å². The lowest BCUT2D eigenvalue weighted by atomic mass is 9.85. The number of hydrogen-bond acceptors (Lipinski definition) is 3. The van der Waals surface area contributed by atoms with Gasteiger partial charge in [0.2, 0.25) is 0 Å². The number of rotatable bonds is 2. The topological polar surface area (TPSA) is 35.2 Å². The Kier molecular flexibility index (Phi) is 2.68. The normalized spacial score (nSPS) is 18.2. The van der Waals surface area contributed by atoms with Crippen LogP contribution in [-0.4, -0.2) is 6.61 Å². The molecule has 1 unspecified atom stereocenters. The highest BCUT2D eigenvalue weighted by Crippen LogP contribution is 2.40. The number of thiophene rings is 1. The minimum absolute atomic E-state index is 0.0355. The number of nitrogens with two attached hydrogens (primary N) is 1. The average molecular weight is 259 g/mol. The molecule has 3 heteroatoms. The van der Waals surface area contributed by atoms with Crippen LogP contribution in [0.15, 0.2) is 35.7 Å². The first-order valence-electron chi connectivity index (χ1n) is 6.14. The van der Waals surface area contributed by atoms with Gasteiger partial charge in [-0.25, -0.2) is 0 Å². The summed E-state index contributed by atoms with van der Waals surface area (Å²) in [6.07, 6.45) is 0. The SMILES string of the molecule is CC1(C)COc2ccc(C(N)c3cccs3)cc21. The second-order valence-corrected chi connectivity index (χ2v) is 6.40. The van der Waals surface area contributed by atoms with E-state index in [-0.39, 0.29) is 11.5 Å². The van der Waals surface area contributed by atoms with E-state index in [1.807, 2.05) is 12.1 Å². The van der Waals surface area contributed by atoms with E-state index in [0.717, 1.165) is 17.9 Å². The van der Waals surface area contributed by atoms with Gasteiger partial charge < -0.3 is 10.5 Å². The standard InChI is InChI=1S/C15H17NOS/c1-15(2)9-17-12-6-5-10(8-11(12)15)14(16)13-4-3-7-18-13/h3-8,14H,9,16H2,1-2H3. The van der Waals surface area contributed by atoms with Crippen LogP contribution in [-0.2, 0) is 5.41 Å². The Balaban J connectivity index is 2.00. The average Bonchev–Trinajstić information content (AvgIpc) is 2.97. The first-order chi connectivity index (χ1) is 8.58. The van der Waals surface area contributed by atoms with Gasteiger partial charge in [-0.2, -0.15) is 0 Å². The molecule has 2 heterocycles. The van der Waals surface area contributed by atoms with E-state index in [4.69, 9.17) is 10.5 Å². The Labute approximate surface area is 111 Å². The van der Waals surface area contributed by atoms with Crippen molar-refractivity contribution in [2.75, 3.05) is 6.61 Å². The van der Waals surface area contributed by atoms with Gasteiger partial charge in [0.25, 0.3) is 0 Å². The maximum Gasteiger partial charge on any atom is 0.123 e. The summed E-state index contributed by atoms with van der Waals surface area (Å²) in [5.41, 5.74) is 8.83. The Morgan fingerprint density at radius 3 is 2.89 bits per heavy atom. The summed E-state index contributed by atoms with van der Waals surface area (Å²) in [6, 6.07) is 10.4. The van der Waals surface area contributed by atoms with Crippen LogP contribution in [0, 0.1) is 0 Å². The molecule has 2 N–H and O–H groups in total. The van der Waals surface area contributed by atoms with Crippen molar-refractivity contribution < 1.29 is 4.74 Å². The lowest BCUT2D eigenvalue weighted by Crippen LogP contribution is -2.19. The molecule has 0 bridgehead atoms. The molecule has 1 aromatic heterocycles. The number of ether oxygens (including phenoxy) is 1. The van der Waals surface area contributed by atoms with Crippen molar-refractivity contribution >= 4 is 11.3 Å². The predicted octanol–water partition coefficient (Wildman–Crippen LogP) is 3.47. The van der Waals surface area contributed by atoms with E-state index in [2.05, 4.69) is 37.4 Å². The summed E-state index contributed by atoms with van der Waals surface area (Å²) in [7, 11) is 0. The number of fused-ring (bicyclic) bond motifs is 1. The second-order valence-electron chi connectivity index (χ2n) is 5.42. The van der Waals surface area contributed by atoms with E-state index in [1.165, 1.54) is 10.4 Å². The van der Waals surface area contributed by atoms with Gasteiger partial charge in [-0.15, -0.1) is 11.3 Å². The molecule has 0 spiro atoms. The summed E-state index contributed by atoms with van der Waals surface area (Å²) in [6.45, 7) is 5.17. The van der Waals surface area contributed by atoms with E-state index in [9.17, 15) is 0 Å². The third-order valence-electron chi connectivity index (χ3n) is 3.53. The van der Waals surface area contributed by atoms with Gasteiger partial charge in [-0.3, -0.25) is 0 Å². The number of benzene rings is 1. The minimum Gasteiger partial charge on any atom is -0.492 e. The summed E-state index contributed by atoms with van der Waals surface area (Å²) in [4.78, 5) is 1.20. The Hall–Kier alpha value is -1.32. The molecule has 0 saturated carbocycles. The molecule has 3 rings (SSSR count). The van der Waals surface area contributed by atoms with Crippen molar-refractivity contribution in [2.45, 2.75) is 25.3 Å². The molecule has 1 aliphatic heterocycles. The van der Waals surface area contributed by atoms with Crippen LogP contribution in [0.3, 0.4) is 0 Å². The Morgan fingerprint density at radius 1 is 1.33 bits per heavy atom. The summed E-state index contributed by atoms with van der Waals surface area (Å²) in [5, 5.41) is 2.07. The molecule has 2 aromatic rings. The molecular formula is C15H17NOS. The van der Waals surface area contributed by atoms with Gasteiger partial charge in [-0.1, -0.05) is 26.0 Å². The third kappa shape index (κ3) is 1.84. The Bertz CT molecular complexity index is 560. The maximum absolute atomic E-state index is 6.31. The molecule has 1 aromatic carbocycles. The van der Waals surface area contributed by atoms with Crippen LogP contribution in [0.1, 0.15) is 35.9 Å². The molecule has 1 atom stereocenters. The smallest absolute Gasteiger partial charge is 0.123 e.